The SMILES string of the molecule is COc1ccc2[nH]c3c(c2c1)CCC[C@H]3NC(=O)[C@H](C)N1Cc2ccccc2C1=O. The molecular formula is C24H25N3O3. The van der Waals surface area contributed by atoms with Crippen LogP contribution in [0.15, 0.2) is 42.5 Å². The number of fused-ring (bicyclic) bond motifs is 4. The van der Waals surface area contributed by atoms with E-state index < -0.39 is 6.04 Å². The second-order valence-corrected chi connectivity index (χ2v) is 8.15. The summed E-state index contributed by atoms with van der Waals surface area (Å²) in [6.07, 6.45) is 2.86. The van der Waals surface area contributed by atoms with Gasteiger partial charge in [-0.05, 0) is 61.6 Å². The molecule has 2 heterocycles. The Kier molecular flexibility index (Phi) is 4.50. The van der Waals surface area contributed by atoms with E-state index in [9.17, 15) is 9.59 Å². The third kappa shape index (κ3) is 2.95. The Labute approximate surface area is 175 Å². The second kappa shape index (κ2) is 7.20. The number of nitrogens with one attached hydrogen (secondary N) is 2. The van der Waals surface area contributed by atoms with E-state index >= 15 is 0 Å². The predicted molar refractivity (Wildman–Crippen MR) is 114 cm³/mol. The summed E-state index contributed by atoms with van der Waals surface area (Å²) in [6.45, 7) is 2.28. The molecule has 6 nitrogen and oxygen atoms in total. The van der Waals surface area contributed by atoms with E-state index in [1.54, 1.807) is 18.9 Å². The van der Waals surface area contributed by atoms with Crippen LogP contribution in [-0.4, -0.2) is 34.8 Å². The van der Waals surface area contributed by atoms with Crippen LogP contribution < -0.4 is 10.1 Å². The maximum absolute atomic E-state index is 13.1. The summed E-state index contributed by atoms with van der Waals surface area (Å²) in [5.41, 5.74) is 5.05. The lowest BCUT2D eigenvalue weighted by atomic mass is 9.91. The molecule has 0 spiro atoms. The highest BCUT2D eigenvalue weighted by molar-refractivity contribution is 6.01. The van der Waals surface area contributed by atoms with Gasteiger partial charge in [0.1, 0.15) is 11.8 Å². The molecule has 0 radical (unpaired) electrons. The number of methoxy groups -OCH3 is 1. The summed E-state index contributed by atoms with van der Waals surface area (Å²) in [6, 6.07) is 13.0. The lowest BCUT2D eigenvalue weighted by Crippen LogP contribution is -2.46. The van der Waals surface area contributed by atoms with Crippen molar-refractivity contribution in [2.75, 3.05) is 7.11 Å². The molecule has 2 amide bonds. The van der Waals surface area contributed by atoms with Gasteiger partial charge in [0, 0.05) is 28.7 Å². The highest BCUT2D eigenvalue weighted by atomic mass is 16.5. The van der Waals surface area contributed by atoms with Crippen LogP contribution in [0.3, 0.4) is 0 Å². The number of aromatic amines is 1. The maximum atomic E-state index is 13.1. The fourth-order valence-electron chi connectivity index (χ4n) is 4.74. The largest absolute Gasteiger partial charge is 0.497 e. The third-order valence-corrected chi connectivity index (χ3v) is 6.43. The van der Waals surface area contributed by atoms with E-state index in [0.29, 0.717) is 12.1 Å². The fraction of sp³-hybridized carbons (Fsp3) is 0.333. The first-order valence-corrected chi connectivity index (χ1v) is 10.4. The van der Waals surface area contributed by atoms with Crippen molar-refractivity contribution < 1.29 is 14.3 Å². The van der Waals surface area contributed by atoms with Crippen molar-refractivity contribution in [2.45, 2.75) is 44.8 Å². The number of hydrogen-bond acceptors (Lipinski definition) is 3. The molecule has 2 N–H and O–H groups in total. The molecule has 0 fully saturated rings. The number of hydrogen-bond donors (Lipinski definition) is 2. The Hall–Kier alpha value is -3.28. The number of aryl methyl sites for hydroxylation is 1. The molecule has 0 bridgehead atoms. The van der Waals surface area contributed by atoms with Gasteiger partial charge in [-0.1, -0.05) is 18.2 Å². The number of carbonyl (C=O) groups excluding carboxylic acids is 2. The number of rotatable bonds is 4. The molecular weight excluding hydrogens is 378 g/mol. The van der Waals surface area contributed by atoms with E-state index in [1.165, 1.54) is 5.56 Å². The molecule has 2 aromatic carbocycles. The molecule has 1 aliphatic carbocycles. The molecule has 0 saturated carbocycles. The number of benzene rings is 2. The monoisotopic (exact) mass is 403 g/mol. The van der Waals surface area contributed by atoms with Gasteiger partial charge in [-0.3, -0.25) is 9.59 Å². The third-order valence-electron chi connectivity index (χ3n) is 6.43. The molecule has 0 unspecified atom stereocenters. The minimum Gasteiger partial charge on any atom is -0.497 e. The van der Waals surface area contributed by atoms with E-state index in [2.05, 4.69) is 16.4 Å². The van der Waals surface area contributed by atoms with Crippen LogP contribution in [0, 0.1) is 0 Å². The fourth-order valence-corrected chi connectivity index (χ4v) is 4.74. The highest BCUT2D eigenvalue weighted by Crippen LogP contribution is 2.36. The van der Waals surface area contributed by atoms with E-state index in [4.69, 9.17) is 4.74 Å². The van der Waals surface area contributed by atoms with Gasteiger partial charge >= 0.3 is 0 Å². The van der Waals surface area contributed by atoms with Gasteiger partial charge in [0.25, 0.3) is 5.91 Å². The Morgan fingerprint density at radius 1 is 1.27 bits per heavy atom. The quantitative estimate of drug-likeness (QED) is 0.697. The molecule has 154 valence electrons. The molecule has 3 aromatic rings. The van der Waals surface area contributed by atoms with Crippen molar-refractivity contribution in [3.63, 3.8) is 0 Å². The average Bonchev–Trinajstić information content (AvgIpc) is 3.31. The van der Waals surface area contributed by atoms with E-state index in [1.807, 2.05) is 36.4 Å². The molecule has 1 aromatic heterocycles. The summed E-state index contributed by atoms with van der Waals surface area (Å²) in [5.74, 6) is 0.636. The van der Waals surface area contributed by atoms with Crippen LogP contribution in [0.2, 0.25) is 0 Å². The molecule has 2 atom stereocenters. The number of nitrogens with zero attached hydrogens (tertiary/aromatic N) is 1. The second-order valence-electron chi connectivity index (χ2n) is 8.15. The summed E-state index contributed by atoms with van der Waals surface area (Å²) in [5, 5.41) is 4.35. The summed E-state index contributed by atoms with van der Waals surface area (Å²) in [7, 11) is 1.67. The standard InChI is InChI=1S/C24H25N3O3/c1-14(27-13-15-6-3-4-7-17(15)24(27)29)23(28)26-21-9-5-8-18-19-12-16(30-2)10-11-20(19)25-22(18)21/h3-4,6-7,10-12,14,21,25H,5,8-9,13H2,1-2H3,(H,26,28)/t14-,21+/m0/s1. The molecule has 2 aliphatic rings. The average molecular weight is 403 g/mol. The van der Waals surface area contributed by atoms with Crippen molar-refractivity contribution >= 4 is 22.7 Å². The summed E-state index contributed by atoms with van der Waals surface area (Å²) >= 11 is 0. The minimum atomic E-state index is -0.528. The minimum absolute atomic E-state index is 0.0738. The Balaban J connectivity index is 1.37. The first kappa shape index (κ1) is 18.7. The van der Waals surface area contributed by atoms with Gasteiger partial charge in [-0.2, -0.15) is 0 Å². The maximum Gasteiger partial charge on any atom is 0.255 e. The lowest BCUT2D eigenvalue weighted by Gasteiger charge is -2.28. The number of amides is 2. The van der Waals surface area contributed by atoms with Crippen LogP contribution in [0.4, 0.5) is 0 Å². The van der Waals surface area contributed by atoms with Crippen LogP contribution in [-0.2, 0) is 17.8 Å². The van der Waals surface area contributed by atoms with Crippen LogP contribution in [0.5, 0.6) is 5.75 Å². The van der Waals surface area contributed by atoms with Crippen molar-refractivity contribution in [2.24, 2.45) is 0 Å². The zero-order valence-corrected chi connectivity index (χ0v) is 17.2. The Bertz CT molecular complexity index is 1150. The van der Waals surface area contributed by atoms with E-state index in [0.717, 1.165) is 47.2 Å². The topological polar surface area (TPSA) is 74.4 Å². The Morgan fingerprint density at radius 2 is 2.10 bits per heavy atom. The van der Waals surface area contributed by atoms with E-state index in [-0.39, 0.29) is 17.9 Å². The van der Waals surface area contributed by atoms with Gasteiger partial charge in [-0.15, -0.1) is 0 Å². The summed E-state index contributed by atoms with van der Waals surface area (Å²) < 4.78 is 5.38. The Morgan fingerprint density at radius 3 is 2.90 bits per heavy atom. The number of H-pyrrole nitrogens is 1. The van der Waals surface area contributed by atoms with Crippen molar-refractivity contribution in [1.29, 1.82) is 0 Å². The van der Waals surface area contributed by atoms with Gasteiger partial charge in [-0.25, -0.2) is 0 Å². The van der Waals surface area contributed by atoms with Gasteiger partial charge in [0.05, 0.1) is 13.2 Å². The normalized spacial score (nSPS) is 18.8. The molecule has 1 aliphatic heterocycles. The van der Waals surface area contributed by atoms with Crippen LogP contribution in [0.1, 0.15) is 53.0 Å². The molecule has 5 rings (SSSR count). The summed E-state index contributed by atoms with van der Waals surface area (Å²) in [4.78, 5) is 31.0. The predicted octanol–water partition coefficient (Wildman–Crippen LogP) is 3.71. The first-order valence-electron chi connectivity index (χ1n) is 10.4. The van der Waals surface area contributed by atoms with Gasteiger partial charge < -0.3 is 19.9 Å². The van der Waals surface area contributed by atoms with Crippen molar-refractivity contribution in [1.82, 2.24) is 15.2 Å². The van der Waals surface area contributed by atoms with Crippen LogP contribution in [0.25, 0.3) is 10.9 Å². The van der Waals surface area contributed by atoms with Crippen molar-refractivity contribution in [3.8, 4) is 5.75 Å². The smallest absolute Gasteiger partial charge is 0.255 e. The number of carbonyl (C=O) groups is 2. The molecule has 6 heteroatoms. The van der Waals surface area contributed by atoms with Gasteiger partial charge in [0.2, 0.25) is 5.91 Å². The highest BCUT2D eigenvalue weighted by Gasteiger charge is 2.35. The zero-order chi connectivity index (χ0) is 20.8. The van der Waals surface area contributed by atoms with Gasteiger partial charge in [0.15, 0.2) is 0 Å². The zero-order valence-electron chi connectivity index (χ0n) is 17.2. The van der Waals surface area contributed by atoms with Crippen LogP contribution >= 0.6 is 0 Å². The number of ether oxygens (including phenoxy) is 1. The molecule has 0 saturated heterocycles. The first-order chi connectivity index (χ1) is 14.6. The molecule has 30 heavy (non-hydrogen) atoms. The van der Waals surface area contributed by atoms with Crippen molar-refractivity contribution in [3.05, 3.63) is 64.8 Å². The lowest BCUT2D eigenvalue weighted by molar-refractivity contribution is -0.126. The number of aromatic nitrogens is 1.